The fourth-order valence-electron chi connectivity index (χ4n) is 6.08. The second kappa shape index (κ2) is 17.7. The number of amides is 1. The molecule has 0 spiro atoms. The van der Waals surface area contributed by atoms with Crippen LogP contribution in [0, 0.1) is 0 Å². The lowest BCUT2D eigenvalue weighted by Crippen LogP contribution is -2.61. The summed E-state index contributed by atoms with van der Waals surface area (Å²) >= 11 is 1.02. The summed E-state index contributed by atoms with van der Waals surface area (Å²) in [6, 6.07) is 14.9. The third-order valence-electron chi connectivity index (χ3n) is 7.91. The molecule has 14 nitrogen and oxygen atoms in total. The number of fused-ring (bicyclic) bond motifs is 3. The van der Waals surface area contributed by atoms with Crippen molar-refractivity contribution in [2.24, 2.45) is 0 Å². The van der Waals surface area contributed by atoms with Gasteiger partial charge in [0.1, 0.15) is 30.4 Å². The average Bonchev–Trinajstić information content (AvgIpc) is 3.36. The topological polar surface area (TPSA) is 179 Å². The van der Waals surface area contributed by atoms with Gasteiger partial charge in [-0.25, -0.2) is 4.79 Å². The molecule has 1 fully saturated rings. The zero-order valence-corrected chi connectivity index (χ0v) is 31.0. The third-order valence-corrected chi connectivity index (χ3v) is 9.21. The van der Waals surface area contributed by atoms with Gasteiger partial charge in [0.05, 0.1) is 12.5 Å². The lowest BCUT2D eigenvalue weighted by Gasteiger charge is -2.44. The third kappa shape index (κ3) is 11.2. The Kier molecular flexibility index (Phi) is 13.7. The van der Waals surface area contributed by atoms with Crippen LogP contribution in [-0.2, 0) is 57.1 Å². The van der Waals surface area contributed by atoms with Crippen molar-refractivity contribution >= 4 is 47.7 Å². The first kappa shape index (κ1) is 40.1. The molecular formula is C37H45NO13S. The molecule has 4 rings (SSSR count). The first-order valence-electron chi connectivity index (χ1n) is 16.8. The Morgan fingerprint density at radius 1 is 0.731 bits per heavy atom. The summed E-state index contributed by atoms with van der Waals surface area (Å²) in [4.78, 5) is 74.6. The van der Waals surface area contributed by atoms with Gasteiger partial charge in [0.15, 0.2) is 18.3 Å². The highest BCUT2D eigenvalue weighted by molar-refractivity contribution is 7.99. The van der Waals surface area contributed by atoms with Crippen molar-refractivity contribution in [2.45, 2.75) is 102 Å². The Hall–Kier alpha value is -4.63. The van der Waals surface area contributed by atoms with Crippen LogP contribution in [0.2, 0.25) is 0 Å². The van der Waals surface area contributed by atoms with Gasteiger partial charge in [0.2, 0.25) is 0 Å². The molecule has 2 aromatic rings. The molecule has 1 saturated heterocycles. The monoisotopic (exact) mass is 743 g/mol. The van der Waals surface area contributed by atoms with Crippen LogP contribution in [0.3, 0.4) is 0 Å². The minimum atomic E-state index is -1.36. The molecule has 1 aliphatic carbocycles. The van der Waals surface area contributed by atoms with E-state index in [0.717, 1.165) is 54.8 Å². The van der Waals surface area contributed by atoms with E-state index in [0.29, 0.717) is 0 Å². The molecule has 2 aliphatic rings. The minimum absolute atomic E-state index is 0.0167. The van der Waals surface area contributed by atoms with Crippen LogP contribution < -0.4 is 5.32 Å². The van der Waals surface area contributed by atoms with Crippen LogP contribution in [0.25, 0.3) is 11.1 Å². The van der Waals surface area contributed by atoms with Gasteiger partial charge in [-0.05, 0) is 43.0 Å². The van der Waals surface area contributed by atoms with E-state index in [2.05, 4.69) is 5.32 Å². The minimum Gasteiger partial charge on any atom is -0.463 e. The van der Waals surface area contributed by atoms with E-state index < -0.39 is 84.0 Å². The maximum atomic E-state index is 13.3. The Morgan fingerprint density at radius 3 is 1.81 bits per heavy atom. The smallest absolute Gasteiger partial charge is 0.407 e. The molecule has 52 heavy (non-hydrogen) atoms. The molecule has 0 radical (unpaired) electrons. The first-order valence-corrected chi connectivity index (χ1v) is 17.8. The summed E-state index contributed by atoms with van der Waals surface area (Å²) < 4.78 is 39.1. The molecule has 0 unspecified atom stereocenters. The van der Waals surface area contributed by atoms with Gasteiger partial charge in [-0.2, -0.15) is 0 Å². The number of ether oxygens (including phenoxy) is 7. The molecule has 15 heteroatoms. The second-order valence-electron chi connectivity index (χ2n) is 13.4. The van der Waals surface area contributed by atoms with E-state index in [1.807, 2.05) is 48.5 Å². The zero-order valence-electron chi connectivity index (χ0n) is 30.2. The van der Waals surface area contributed by atoms with Gasteiger partial charge < -0.3 is 38.5 Å². The highest BCUT2D eigenvalue weighted by Gasteiger charge is 2.52. The molecule has 0 bridgehead atoms. The predicted octanol–water partition coefficient (Wildman–Crippen LogP) is 4.44. The summed E-state index contributed by atoms with van der Waals surface area (Å²) in [7, 11) is 0. The average molecular weight is 744 g/mol. The number of hydrogen-bond acceptors (Lipinski definition) is 14. The number of esters is 5. The highest BCUT2D eigenvalue weighted by Crippen LogP contribution is 2.44. The molecule has 1 aliphatic heterocycles. The number of hydrogen-bond donors (Lipinski definition) is 1. The maximum absolute atomic E-state index is 13.3. The van der Waals surface area contributed by atoms with Crippen LogP contribution in [0.15, 0.2) is 48.5 Å². The van der Waals surface area contributed by atoms with Crippen LogP contribution in [0.5, 0.6) is 0 Å². The van der Waals surface area contributed by atoms with E-state index in [1.165, 1.54) is 6.92 Å². The van der Waals surface area contributed by atoms with Gasteiger partial charge in [-0.15, -0.1) is 11.8 Å². The molecule has 1 heterocycles. The van der Waals surface area contributed by atoms with E-state index in [-0.39, 0.29) is 24.7 Å². The molecular weight excluding hydrogens is 698 g/mol. The second-order valence-corrected chi connectivity index (χ2v) is 14.5. The van der Waals surface area contributed by atoms with E-state index in [4.69, 9.17) is 33.2 Å². The molecule has 2 aromatic carbocycles. The summed E-state index contributed by atoms with van der Waals surface area (Å²) in [5.41, 5.74) is 2.26. The number of nitrogens with one attached hydrogen (secondary N) is 1. The number of benzene rings is 2. The summed E-state index contributed by atoms with van der Waals surface area (Å²) in [5.74, 6) is -3.74. The van der Waals surface area contributed by atoms with Crippen LogP contribution in [-0.4, -0.2) is 96.4 Å². The molecule has 0 saturated carbocycles. The molecule has 282 valence electrons. The molecule has 0 aromatic heterocycles. The highest BCUT2D eigenvalue weighted by atomic mass is 32.2. The molecule has 1 N–H and O–H groups in total. The fourth-order valence-corrected chi connectivity index (χ4v) is 7.32. The van der Waals surface area contributed by atoms with Gasteiger partial charge in [-0.3, -0.25) is 24.0 Å². The zero-order chi connectivity index (χ0) is 38.2. The number of carbonyl (C=O) groups is 6. The van der Waals surface area contributed by atoms with E-state index in [9.17, 15) is 28.8 Å². The first-order chi connectivity index (χ1) is 24.5. The molecule has 1 amide bonds. The van der Waals surface area contributed by atoms with Gasteiger partial charge in [-0.1, -0.05) is 48.5 Å². The number of rotatable bonds is 13. The largest absolute Gasteiger partial charge is 0.463 e. The van der Waals surface area contributed by atoms with E-state index in [1.54, 1.807) is 20.8 Å². The van der Waals surface area contributed by atoms with Crippen LogP contribution >= 0.6 is 11.8 Å². The Balaban J connectivity index is 1.55. The number of carbonyl (C=O) groups excluding carboxylic acids is 6. The Morgan fingerprint density at radius 2 is 1.27 bits per heavy atom. The van der Waals surface area contributed by atoms with Gasteiger partial charge in [0, 0.05) is 39.4 Å². The van der Waals surface area contributed by atoms with Crippen LogP contribution in [0.4, 0.5) is 4.79 Å². The Bertz CT molecular complexity index is 1590. The van der Waals surface area contributed by atoms with Crippen molar-refractivity contribution in [2.75, 3.05) is 19.0 Å². The van der Waals surface area contributed by atoms with Crippen molar-refractivity contribution in [3.8, 4) is 11.1 Å². The van der Waals surface area contributed by atoms with Crippen molar-refractivity contribution in [3.63, 3.8) is 0 Å². The van der Waals surface area contributed by atoms with Crippen LogP contribution in [0.1, 0.15) is 71.9 Å². The van der Waals surface area contributed by atoms with Crippen molar-refractivity contribution in [3.05, 3.63) is 59.7 Å². The van der Waals surface area contributed by atoms with Crippen molar-refractivity contribution in [1.29, 1.82) is 0 Å². The Labute approximate surface area is 306 Å². The summed E-state index contributed by atoms with van der Waals surface area (Å²) in [6.45, 7) is 9.36. The fraction of sp³-hybridized carbons (Fsp3) is 0.514. The molecule has 6 atom stereocenters. The maximum Gasteiger partial charge on any atom is 0.407 e. The summed E-state index contributed by atoms with van der Waals surface area (Å²) in [6.07, 6.45) is -6.20. The lowest BCUT2D eigenvalue weighted by atomic mass is 9.98. The standard InChI is InChI=1S/C37H45NO13S/c1-20(39)45-18-30-32(47-21(2)40)33(48-22(3)41)34(49-23(4)42)35(50-30)52-19-24(16-31(43)51-37(5,6)7)38-36(44)46-17-29-27-14-10-8-12-25(27)26-13-9-11-15-28(26)29/h8-15,24,29-30,32-35H,16-19H2,1-7H3,(H,38,44)/t24-,30+,32+,33-,34+,35-/m0/s1. The lowest BCUT2D eigenvalue weighted by molar-refractivity contribution is -0.237. The quantitative estimate of drug-likeness (QED) is 0.225. The predicted molar refractivity (Wildman–Crippen MR) is 187 cm³/mol. The number of alkyl carbamates (subject to hydrolysis) is 1. The van der Waals surface area contributed by atoms with Crippen molar-refractivity contribution in [1.82, 2.24) is 5.32 Å². The normalized spacial score (nSPS) is 21.4. The SMILES string of the molecule is CC(=O)OC[C@H]1O[C@@H](SC[C@H](CC(=O)OC(C)(C)C)NC(=O)OCC2c3ccccc3-c3ccccc32)[C@H](OC(C)=O)[C@@H](OC(C)=O)[C@@H]1OC(C)=O. The van der Waals surface area contributed by atoms with Gasteiger partial charge in [0.25, 0.3) is 0 Å². The van der Waals surface area contributed by atoms with Crippen molar-refractivity contribution < 1.29 is 61.9 Å². The number of thioether (sulfide) groups is 1. The van der Waals surface area contributed by atoms with E-state index >= 15 is 0 Å². The van der Waals surface area contributed by atoms with Gasteiger partial charge >= 0.3 is 35.9 Å². The summed E-state index contributed by atoms with van der Waals surface area (Å²) in [5, 5.41) is 2.76.